The van der Waals surface area contributed by atoms with Gasteiger partial charge in [0, 0.05) is 33.0 Å². The molecule has 1 saturated heterocycles. The lowest BCUT2D eigenvalue weighted by atomic mass is 10.1. The second kappa shape index (κ2) is 4.41. The zero-order chi connectivity index (χ0) is 14.5. The minimum Gasteiger partial charge on any atom is -0.306 e. The van der Waals surface area contributed by atoms with Gasteiger partial charge in [0.1, 0.15) is 5.52 Å². The maximum absolute atomic E-state index is 13.2. The predicted octanol–water partition coefficient (Wildman–Crippen LogP) is 1.15. The molecule has 0 saturated carbocycles. The summed E-state index contributed by atoms with van der Waals surface area (Å²) >= 11 is 5.75. The smallest absolute Gasteiger partial charge is 0.306 e. The van der Waals surface area contributed by atoms with Crippen LogP contribution in [0.2, 0.25) is 5.28 Å². The van der Waals surface area contributed by atoms with Gasteiger partial charge in [-0.05, 0) is 11.6 Å². The Balaban J connectivity index is 2.10. The molecule has 1 fully saturated rings. The van der Waals surface area contributed by atoms with E-state index in [4.69, 9.17) is 11.6 Å². The third-order valence-corrected chi connectivity index (χ3v) is 3.69. The SMILES string of the molecule is Cn1c(=O)n(N2CCC(F)(F)CC2)c2nc(Cl)ncc21. The van der Waals surface area contributed by atoms with Crippen molar-refractivity contribution in [2.45, 2.75) is 18.8 Å². The van der Waals surface area contributed by atoms with Gasteiger partial charge >= 0.3 is 5.69 Å². The highest BCUT2D eigenvalue weighted by Gasteiger charge is 2.35. The summed E-state index contributed by atoms with van der Waals surface area (Å²) in [5.41, 5.74) is 0.501. The van der Waals surface area contributed by atoms with Crippen LogP contribution < -0.4 is 10.7 Å². The monoisotopic (exact) mass is 303 g/mol. The van der Waals surface area contributed by atoms with Gasteiger partial charge in [-0.25, -0.2) is 18.6 Å². The number of alkyl halides is 2. The van der Waals surface area contributed by atoms with Crippen LogP contribution in [0.4, 0.5) is 8.78 Å². The highest BCUT2D eigenvalue weighted by atomic mass is 35.5. The van der Waals surface area contributed by atoms with Gasteiger partial charge in [0.25, 0.3) is 5.92 Å². The van der Waals surface area contributed by atoms with Crippen LogP contribution >= 0.6 is 11.6 Å². The van der Waals surface area contributed by atoms with E-state index in [1.54, 1.807) is 12.1 Å². The number of hydrogen-bond acceptors (Lipinski definition) is 4. The highest BCUT2D eigenvalue weighted by molar-refractivity contribution is 6.28. The minimum atomic E-state index is -2.67. The van der Waals surface area contributed by atoms with Gasteiger partial charge < -0.3 is 5.01 Å². The molecule has 2 aromatic heterocycles. The van der Waals surface area contributed by atoms with Crippen molar-refractivity contribution in [3.8, 4) is 0 Å². The molecule has 20 heavy (non-hydrogen) atoms. The van der Waals surface area contributed by atoms with Crippen molar-refractivity contribution < 1.29 is 8.78 Å². The fourth-order valence-corrected chi connectivity index (χ4v) is 2.48. The number of aromatic nitrogens is 4. The maximum atomic E-state index is 13.2. The molecule has 0 N–H and O–H groups in total. The van der Waals surface area contributed by atoms with E-state index in [1.165, 1.54) is 15.4 Å². The normalized spacial score (nSPS) is 18.7. The maximum Gasteiger partial charge on any atom is 0.349 e. The number of rotatable bonds is 1. The first-order valence-electron chi connectivity index (χ1n) is 6.12. The van der Waals surface area contributed by atoms with Crippen molar-refractivity contribution in [3.63, 3.8) is 0 Å². The van der Waals surface area contributed by atoms with Crippen molar-refractivity contribution in [2.24, 2.45) is 7.05 Å². The Kier molecular flexibility index (Phi) is 2.93. The van der Waals surface area contributed by atoms with Crippen LogP contribution in [0.25, 0.3) is 11.2 Å². The molecular formula is C11H12ClF2N5O. The zero-order valence-corrected chi connectivity index (χ0v) is 11.4. The average Bonchev–Trinajstić information content (AvgIpc) is 2.63. The molecule has 9 heteroatoms. The molecule has 108 valence electrons. The van der Waals surface area contributed by atoms with Crippen molar-refractivity contribution in [2.75, 3.05) is 18.1 Å². The lowest BCUT2D eigenvalue weighted by Crippen LogP contribution is -2.49. The summed E-state index contributed by atoms with van der Waals surface area (Å²) in [6.07, 6.45) is 0.879. The Bertz CT molecular complexity index is 715. The zero-order valence-electron chi connectivity index (χ0n) is 10.7. The second-order valence-electron chi connectivity index (χ2n) is 4.81. The largest absolute Gasteiger partial charge is 0.349 e. The third-order valence-electron chi connectivity index (χ3n) is 3.50. The van der Waals surface area contributed by atoms with Gasteiger partial charge in [0.15, 0.2) is 5.65 Å². The molecule has 6 nitrogen and oxygen atoms in total. The fourth-order valence-electron chi connectivity index (χ4n) is 2.35. The van der Waals surface area contributed by atoms with Crippen molar-refractivity contribution in [1.29, 1.82) is 0 Å². The summed E-state index contributed by atoms with van der Waals surface area (Å²) in [5.74, 6) is -2.67. The fraction of sp³-hybridized carbons (Fsp3) is 0.545. The number of hydrogen-bond donors (Lipinski definition) is 0. The van der Waals surface area contributed by atoms with E-state index in [0.29, 0.717) is 11.2 Å². The Morgan fingerprint density at radius 3 is 2.65 bits per heavy atom. The Morgan fingerprint density at radius 2 is 2.00 bits per heavy atom. The van der Waals surface area contributed by atoms with E-state index in [1.807, 2.05) is 0 Å². The first kappa shape index (κ1) is 13.3. The van der Waals surface area contributed by atoms with E-state index in [2.05, 4.69) is 9.97 Å². The molecule has 0 radical (unpaired) electrons. The summed E-state index contributed by atoms with van der Waals surface area (Å²) < 4.78 is 29.1. The lowest BCUT2D eigenvalue weighted by Gasteiger charge is -2.33. The van der Waals surface area contributed by atoms with Gasteiger partial charge in [-0.1, -0.05) is 0 Å². The summed E-state index contributed by atoms with van der Waals surface area (Å²) in [4.78, 5) is 20.1. The molecular weight excluding hydrogens is 292 g/mol. The second-order valence-corrected chi connectivity index (χ2v) is 5.15. The van der Waals surface area contributed by atoms with Crippen molar-refractivity contribution >= 4 is 22.8 Å². The van der Waals surface area contributed by atoms with Gasteiger partial charge in [0.05, 0.1) is 6.20 Å². The number of halogens is 3. The number of piperidine rings is 1. The van der Waals surface area contributed by atoms with Crippen LogP contribution in [-0.2, 0) is 7.05 Å². The highest BCUT2D eigenvalue weighted by Crippen LogP contribution is 2.27. The van der Waals surface area contributed by atoms with Crippen LogP contribution in [0.5, 0.6) is 0 Å². The molecule has 0 spiro atoms. The Labute approximate surface area is 117 Å². The molecule has 3 heterocycles. The van der Waals surface area contributed by atoms with E-state index in [0.717, 1.165) is 0 Å². The van der Waals surface area contributed by atoms with E-state index in [-0.39, 0.29) is 36.9 Å². The minimum absolute atomic E-state index is 0.0131. The first-order valence-corrected chi connectivity index (χ1v) is 6.50. The van der Waals surface area contributed by atoms with Gasteiger partial charge in [0.2, 0.25) is 5.28 Å². The van der Waals surface area contributed by atoms with E-state index < -0.39 is 5.92 Å². The molecule has 0 aromatic carbocycles. The van der Waals surface area contributed by atoms with Crippen LogP contribution in [-0.4, -0.2) is 38.2 Å². The van der Waals surface area contributed by atoms with Gasteiger partial charge in [-0.3, -0.25) is 4.57 Å². The molecule has 2 aromatic rings. The molecule has 0 atom stereocenters. The molecule has 0 amide bonds. The van der Waals surface area contributed by atoms with Crippen LogP contribution in [0.3, 0.4) is 0 Å². The quantitative estimate of drug-likeness (QED) is 0.742. The Hall–Kier alpha value is -1.70. The van der Waals surface area contributed by atoms with Crippen molar-refractivity contribution in [1.82, 2.24) is 19.2 Å². The average molecular weight is 304 g/mol. The summed E-state index contributed by atoms with van der Waals surface area (Å²) in [7, 11) is 1.58. The molecule has 3 rings (SSSR count). The number of nitrogens with zero attached hydrogens (tertiary/aromatic N) is 5. The van der Waals surface area contributed by atoms with Gasteiger partial charge in [-0.15, -0.1) is 0 Å². The third kappa shape index (κ3) is 2.04. The molecule has 0 unspecified atom stereocenters. The number of imidazole rings is 1. The van der Waals surface area contributed by atoms with Crippen molar-refractivity contribution in [3.05, 3.63) is 22.0 Å². The number of fused-ring (bicyclic) bond motifs is 1. The standard InChI is InChI=1S/C11H12ClF2N5O/c1-17-7-6-15-9(12)16-8(7)19(10(17)20)18-4-2-11(13,14)3-5-18/h6H,2-5H2,1H3. The van der Waals surface area contributed by atoms with Crippen LogP contribution in [0.1, 0.15) is 12.8 Å². The van der Waals surface area contributed by atoms with Crippen LogP contribution in [0.15, 0.2) is 11.0 Å². The lowest BCUT2D eigenvalue weighted by molar-refractivity contribution is -0.0258. The molecule has 1 aliphatic rings. The first-order chi connectivity index (χ1) is 9.39. The van der Waals surface area contributed by atoms with E-state index in [9.17, 15) is 13.6 Å². The van der Waals surface area contributed by atoms with Crippen LogP contribution in [0, 0.1) is 0 Å². The molecule has 0 bridgehead atoms. The summed E-state index contributed by atoms with van der Waals surface area (Å²) in [6, 6.07) is 0. The molecule has 0 aliphatic carbocycles. The number of aryl methyl sites for hydroxylation is 1. The summed E-state index contributed by atoms with van der Waals surface area (Å²) in [5, 5.41) is 1.59. The van der Waals surface area contributed by atoms with Gasteiger partial charge in [-0.2, -0.15) is 9.66 Å². The molecule has 1 aliphatic heterocycles. The predicted molar refractivity (Wildman–Crippen MR) is 69.9 cm³/mol. The summed E-state index contributed by atoms with van der Waals surface area (Å²) in [6.45, 7) is 0.182. The van der Waals surface area contributed by atoms with E-state index >= 15 is 0 Å². The topological polar surface area (TPSA) is 56.0 Å². The Morgan fingerprint density at radius 1 is 1.35 bits per heavy atom.